The molecular weight excluding hydrogens is 484 g/mol. The van der Waals surface area contributed by atoms with Crippen molar-refractivity contribution in [1.29, 1.82) is 0 Å². The zero-order valence-corrected chi connectivity index (χ0v) is 20.8. The lowest BCUT2D eigenvalue weighted by molar-refractivity contribution is -0.140. The summed E-state index contributed by atoms with van der Waals surface area (Å²) >= 11 is 1.46. The van der Waals surface area contributed by atoms with Gasteiger partial charge in [0, 0.05) is 42.2 Å². The third kappa shape index (κ3) is 6.62. The number of benzene rings is 2. The lowest BCUT2D eigenvalue weighted by Crippen LogP contribution is -2.24. The maximum Gasteiger partial charge on any atom is 0.305 e. The SMILES string of the molecule is COC(=O)CCc1cccc(CNS(=O)(=O)c2[nH]ccc2SCc2ccc(-n3cccn3)cc2)c1. The van der Waals surface area contributed by atoms with Gasteiger partial charge in [0.25, 0.3) is 10.0 Å². The van der Waals surface area contributed by atoms with Gasteiger partial charge in [-0.15, -0.1) is 11.8 Å². The first-order valence-corrected chi connectivity index (χ1v) is 13.4. The van der Waals surface area contributed by atoms with Gasteiger partial charge in [-0.05, 0) is 47.4 Å². The summed E-state index contributed by atoms with van der Waals surface area (Å²) < 4.78 is 35.1. The first-order valence-electron chi connectivity index (χ1n) is 11.0. The van der Waals surface area contributed by atoms with Crippen molar-refractivity contribution in [1.82, 2.24) is 19.5 Å². The Labute approximate surface area is 208 Å². The third-order valence-corrected chi connectivity index (χ3v) is 8.00. The summed E-state index contributed by atoms with van der Waals surface area (Å²) in [5.74, 6) is 0.351. The highest BCUT2D eigenvalue weighted by Crippen LogP contribution is 2.29. The first kappa shape index (κ1) is 24.8. The maximum absolute atomic E-state index is 13.0. The molecule has 0 aliphatic heterocycles. The summed E-state index contributed by atoms with van der Waals surface area (Å²) in [6.45, 7) is 0.145. The number of H-pyrrole nitrogens is 1. The van der Waals surface area contributed by atoms with Gasteiger partial charge in [-0.1, -0.05) is 36.4 Å². The van der Waals surface area contributed by atoms with Crippen molar-refractivity contribution in [3.8, 4) is 5.69 Å². The number of methoxy groups -OCH3 is 1. The number of hydrogen-bond donors (Lipinski definition) is 2. The van der Waals surface area contributed by atoms with Crippen molar-refractivity contribution in [3.63, 3.8) is 0 Å². The van der Waals surface area contributed by atoms with Gasteiger partial charge in [-0.2, -0.15) is 5.10 Å². The van der Waals surface area contributed by atoms with Crippen molar-refractivity contribution >= 4 is 27.8 Å². The molecule has 0 atom stereocenters. The largest absolute Gasteiger partial charge is 0.469 e. The molecule has 0 saturated carbocycles. The third-order valence-electron chi connectivity index (χ3n) is 5.34. The van der Waals surface area contributed by atoms with Crippen LogP contribution in [0.1, 0.15) is 23.1 Å². The van der Waals surface area contributed by atoms with Crippen LogP contribution in [0.5, 0.6) is 0 Å². The molecule has 0 saturated heterocycles. The number of nitrogens with one attached hydrogen (secondary N) is 2. The number of carbonyl (C=O) groups is 1. The Hall–Kier alpha value is -3.34. The highest BCUT2D eigenvalue weighted by Gasteiger charge is 2.20. The molecular formula is C25H26N4O4S2. The predicted octanol–water partition coefficient (Wildman–Crippen LogP) is 4.08. The van der Waals surface area contributed by atoms with Crippen molar-refractivity contribution in [3.05, 3.63) is 95.9 Å². The molecule has 10 heteroatoms. The number of sulfonamides is 1. The number of ether oxygens (including phenoxy) is 1. The number of esters is 1. The highest BCUT2D eigenvalue weighted by atomic mass is 32.2. The zero-order chi connectivity index (χ0) is 24.7. The first-order chi connectivity index (χ1) is 16.9. The van der Waals surface area contributed by atoms with Crippen LogP contribution in [0.25, 0.3) is 5.69 Å². The normalized spacial score (nSPS) is 11.5. The molecule has 2 N–H and O–H groups in total. The van der Waals surface area contributed by atoms with Crippen LogP contribution in [0.3, 0.4) is 0 Å². The molecule has 0 aliphatic rings. The molecule has 2 aromatic heterocycles. The molecule has 2 aromatic carbocycles. The van der Waals surface area contributed by atoms with E-state index in [9.17, 15) is 13.2 Å². The zero-order valence-electron chi connectivity index (χ0n) is 19.2. The molecule has 0 unspecified atom stereocenters. The van der Waals surface area contributed by atoms with E-state index in [0.29, 0.717) is 17.1 Å². The molecule has 4 aromatic rings. The van der Waals surface area contributed by atoms with E-state index < -0.39 is 10.0 Å². The minimum absolute atomic E-state index is 0.145. The van der Waals surface area contributed by atoms with E-state index >= 15 is 0 Å². The van der Waals surface area contributed by atoms with Crippen molar-refractivity contribution in [2.24, 2.45) is 0 Å². The van der Waals surface area contributed by atoms with Crippen LogP contribution >= 0.6 is 11.8 Å². The van der Waals surface area contributed by atoms with Gasteiger partial charge < -0.3 is 9.72 Å². The number of hydrogen-bond acceptors (Lipinski definition) is 6. The number of thioether (sulfide) groups is 1. The lowest BCUT2D eigenvalue weighted by Gasteiger charge is -2.09. The van der Waals surface area contributed by atoms with Crippen molar-refractivity contribution in [2.75, 3.05) is 7.11 Å². The van der Waals surface area contributed by atoms with Gasteiger partial charge in [0.15, 0.2) is 5.03 Å². The Bertz CT molecular complexity index is 1360. The summed E-state index contributed by atoms with van der Waals surface area (Å²) in [6, 6.07) is 19.1. The second-order valence-electron chi connectivity index (χ2n) is 7.80. The fourth-order valence-corrected chi connectivity index (χ4v) is 5.92. The summed E-state index contributed by atoms with van der Waals surface area (Å²) in [4.78, 5) is 14.9. The van der Waals surface area contributed by atoms with Crippen LogP contribution < -0.4 is 4.72 Å². The van der Waals surface area contributed by atoms with Crippen LogP contribution in [0.2, 0.25) is 0 Å². The number of aromatic amines is 1. The molecule has 0 amide bonds. The number of rotatable bonds is 11. The molecule has 2 heterocycles. The molecule has 182 valence electrons. The smallest absolute Gasteiger partial charge is 0.305 e. The van der Waals surface area contributed by atoms with Gasteiger partial charge in [-0.25, -0.2) is 17.8 Å². The van der Waals surface area contributed by atoms with Crippen LogP contribution in [0.4, 0.5) is 0 Å². The molecule has 8 nitrogen and oxygen atoms in total. The average Bonchev–Trinajstić information content (AvgIpc) is 3.58. The van der Waals surface area contributed by atoms with E-state index in [1.807, 2.05) is 60.8 Å². The fourth-order valence-electron chi connectivity index (χ4n) is 3.49. The van der Waals surface area contributed by atoms with Gasteiger partial charge in [0.05, 0.1) is 12.8 Å². The summed E-state index contributed by atoms with van der Waals surface area (Å²) in [6.07, 6.45) is 6.05. The quantitative estimate of drug-likeness (QED) is 0.233. The standard InChI is InChI=1S/C25H26N4O4S2/c1-33-24(30)11-8-19-4-2-5-21(16-19)17-28-35(31,32)25-23(12-14-26-25)34-18-20-6-9-22(10-7-20)29-15-3-13-27-29/h2-7,9-10,12-16,26,28H,8,11,17-18H2,1H3. The summed E-state index contributed by atoms with van der Waals surface area (Å²) in [5, 5.41) is 4.37. The Morgan fingerprint density at radius 1 is 1.09 bits per heavy atom. The van der Waals surface area contributed by atoms with E-state index in [1.54, 1.807) is 23.1 Å². The van der Waals surface area contributed by atoms with E-state index in [1.165, 1.54) is 18.9 Å². The topological polar surface area (TPSA) is 106 Å². The van der Waals surface area contributed by atoms with E-state index in [-0.39, 0.29) is 24.0 Å². The second-order valence-corrected chi connectivity index (χ2v) is 10.5. The van der Waals surface area contributed by atoms with Gasteiger partial charge in [0.1, 0.15) is 0 Å². The molecule has 0 radical (unpaired) electrons. The molecule has 0 aliphatic carbocycles. The van der Waals surface area contributed by atoms with Crippen molar-refractivity contribution < 1.29 is 17.9 Å². The molecule has 0 bridgehead atoms. The van der Waals surface area contributed by atoms with E-state index in [2.05, 4.69) is 19.5 Å². The van der Waals surface area contributed by atoms with Crippen LogP contribution in [-0.4, -0.2) is 36.3 Å². The molecule has 0 spiro atoms. The minimum atomic E-state index is -3.74. The summed E-state index contributed by atoms with van der Waals surface area (Å²) in [7, 11) is -2.38. The van der Waals surface area contributed by atoms with Crippen LogP contribution in [0.15, 0.2) is 89.2 Å². The van der Waals surface area contributed by atoms with E-state index in [4.69, 9.17) is 0 Å². The predicted molar refractivity (Wildman–Crippen MR) is 135 cm³/mol. The minimum Gasteiger partial charge on any atom is -0.469 e. The Balaban J connectivity index is 1.36. The van der Waals surface area contributed by atoms with Crippen LogP contribution in [-0.2, 0) is 38.3 Å². The number of aromatic nitrogens is 3. The lowest BCUT2D eigenvalue weighted by atomic mass is 10.1. The maximum atomic E-state index is 13.0. The van der Waals surface area contributed by atoms with E-state index in [0.717, 1.165) is 22.4 Å². The Kier molecular flexibility index (Phi) is 8.06. The fraction of sp³-hybridized carbons (Fsp3) is 0.200. The summed E-state index contributed by atoms with van der Waals surface area (Å²) in [5.41, 5.74) is 3.80. The van der Waals surface area contributed by atoms with Crippen molar-refractivity contribution in [2.45, 2.75) is 35.1 Å². The number of nitrogens with zero attached hydrogens (tertiary/aromatic N) is 2. The monoisotopic (exact) mass is 510 g/mol. The highest BCUT2D eigenvalue weighted by molar-refractivity contribution is 7.99. The molecule has 0 fully saturated rings. The number of aryl methyl sites for hydroxylation is 1. The van der Waals surface area contributed by atoms with Gasteiger partial charge in [0.2, 0.25) is 0 Å². The Morgan fingerprint density at radius 2 is 1.89 bits per heavy atom. The van der Waals surface area contributed by atoms with Crippen LogP contribution in [0, 0.1) is 0 Å². The Morgan fingerprint density at radius 3 is 2.63 bits per heavy atom. The van der Waals surface area contributed by atoms with Gasteiger partial charge in [-0.3, -0.25) is 4.79 Å². The average molecular weight is 511 g/mol. The molecule has 4 rings (SSSR count). The molecule has 35 heavy (non-hydrogen) atoms. The number of carbonyl (C=O) groups excluding carboxylic acids is 1. The second kappa shape index (κ2) is 11.4. The van der Waals surface area contributed by atoms with Gasteiger partial charge >= 0.3 is 5.97 Å².